The predicted molar refractivity (Wildman–Crippen MR) is 63.3 cm³/mol. The predicted octanol–water partition coefficient (Wildman–Crippen LogP) is 2.70. The van der Waals surface area contributed by atoms with Gasteiger partial charge < -0.3 is 5.32 Å². The second kappa shape index (κ2) is 4.90. The zero-order valence-electron chi connectivity index (χ0n) is 8.76. The van der Waals surface area contributed by atoms with Gasteiger partial charge in [-0.15, -0.1) is 10.2 Å². The van der Waals surface area contributed by atoms with Crippen LogP contribution in [0.1, 0.15) is 18.5 Å². The first-order valence-corrected chi connectivity index (χ1v) is 5.29. The van der Waals surface area contributed by atoms with Crippen LogP contribution >= 0.6 is 11.6 Å². The molecule has 1 unspecified atom stereocenters. The van der Waals surface area contributed by atoms with Gasteiger partial charge in [-0.1, -0.05) is 17.7 Å². The van der Waals surface area contributed by atoms with Crippen molar-refractivity contribution in [2.24, 2.45) is 0 Å². The molecule has 0 aliphatic rings. The number of hydrogen-bond acceptors (Lipinski definition) is 4. The maximum Gasteiger partial charge on any atom is 0.151 e. The summed E-state index contributed by atoms with van der Waals surface area (Å²) in [4.78, 5) is 4.06. The maximum absolute atomic E-state index is 5.65. The fraction of sp³-hybridized carbons (Fsp3) is 0.182. The Morgan fingerprint density at radius 3 is 2.75 bits per heavy atom. The standard InChI is InChI=1S/C11H11ClN4/c1-8(9-3-2-6-13-7-9)14-11-5-4-10(12)15-16-11/h2-8H,1H3,(H,14,16). The normalized spacial score (nSPS) is 12.1. The van der Waals surface area contributed by atoms with Crippen molar-refractivity contribution in [3.05, 3.63) is 47.4 Å². The Balaban J connectivity index is 2.08. The molecule has 1 atom stereocenters. The third-order valence-electron chi connectivity index (χ3n) is 2.18. The first-order chi connectivity index (χ1) is 7.75. The van der Waals surface area contributed by atoms with Crippen molar-refractivity contribution < 1.29 is 0 Å². The average Bonchev–Trinajstić information content (AvgIpc) is 2.33. The molecule has 0 spiro atoms. The van der Waals surface area contributed by atoms with Crippen molar-refractivity contribution in [2.45, 2.75) is 13.0 Å². The lowest BCUT2D eigenvalue weighted by Gasteiger charge is -2.13. The molecule has 2 aromatic rings. The van der Waals surface area contributed by atoms with E-state index in [1.165, 1.54) is 0 Å². The number of halogens is 1. The van der Waals surface area contributed by atoms with E-state index in [1.807, 2.05) is 25.3 Å². The van der Waals surface area contributed by atoms with Crippen LogP contribution in [0.5, 0.6) is 0 Å². The van der Waals surface area contributed by atoms with Crippen LogP contribution in [0, 0.1) is 0 Å². The molecule has 0 aromatic carbocycles. The van der Waals surface area contributed by atoms with Gasteiger partial charge in [0.2, 0.25) is 0 Å². The van der Waals surface area contributed by atoms with Crippen LogP contribution in [0.2, 0.25) is 5.15 Å². The van der Waals surface area contributed by atoms with Crippen molar-refractivity contribution in [1.29, 1.82) is 0 Å². The highest BCUT2D eigenvalue weighted by Gasteiger charge is 2.05. The van der Waals surface area contributed by atoms with Crippen molar-refractivity contribution in [3.8, 4) is 0 Å². The van der Waals surface area contributed by atoms with Crippen LogP contribution in [0.15, 0.2) is 36.7 Å². The molecule has 5 heteroatoms. The summed E-state index contributed by atoms with van der Waals surface area (Å²) in [5.74, 6) is 0.695. The summed E-state index contributed by atoms with van der Waals surface area (Å²) < 4.78 is 0. The molecule has 2 aromatic heterocycles. The van der Waals surface area contributed by atoms with Gasteiger partial charge >= 0.3 is 0 Å². The molecule has 0 saturated carbocycles. The minimum atomic E-state index is 0.129. The summed E-state index contributed by atoms with van der Waals surface area (Å²) in [5, 5.41) is 11.3. The highest BCUT2D eigenvalue weighted by atomic mass is 35.5. The minimum Gasteiger partial charge on any atom is -0.362 e. The first kappa shape index (κ1) is 10.8. The molecule has 0 amide bonds. The zero-order chi connectivity index (χ0) is 11.4. The molecule has 0 radical (unpaired) electrons. The van der Waals surface area contributed by atoms with Crippen molar-refractivity contribution >= 4 is 17.4 Å². The monoisotopic (exact) mass is 234 g/mol. The van der Waals surface area contributed by atoms with Gasteiger partial charge in [-0.25, -0.2) is 0 Å². The summed E-state index contributed by atoms with van der Waals surface area (Å²) >= 11 is 5.65. The van der Waals surface area contributed by atoms with Gasteiger partial charge in [0.05, 0.1) is 6.04 Å². The second-order valence-electron chi connectivity index (χ2n) is 3.39. The SMILES string of the molecule is CC(Nc1ccc(Cl)nn1)c1cccnc1. The van der Waals surface area contributed by atoms with Gasteiger partial charge in [0.25, 0.3) is 0 Å². The number of hydrogen-bond donors (Lipinski definition) is 1. The number of nitrogens with zero attached hydrogens (tertiary/aromatic N) is 3. The summed E-state index contributed by atoms with van der Waals surface area (Å²) in [6.07, 6.45) is 3.57. The average molecular weight is 235 g/mol. The van der Waals surface area contributed by atoms with Gasteiger partial charge in [0.15, 0.2) is 5.15 Å². The fourth-order valence-corrected chi connectivity index (χ4v) is 1.43. The van der Waals surface area contributed by atoms with E-state index in [0.717, 1.165) is 5.56 Å². The quantitative estimate of drug-likeness (QED) is 0.887. The molecular formula is C11H11ClN4. The summed E-state index contributed by atoms with van der Waals surface area (Å²) in [6.45, 7) is 2.04. The summed E-state index contributed by atoms with van der Waals surface area (Å²) in [7, 11) is 0. The Morgan fingerprint density at radius 1 is 1.25 bits per heavy atom. The number of aromatic nitrogens is 3. The third-order valence-corrected chi connectivity index (χ3v) is 2.38. The van der Waals surface area contributed by atoms with E-state index in [2.05, 4.69) is 20.5 Å². The van der Waals surface area contributed by atoms with Gasteiger partial charge in [-0.05, 0) is 30.7 Å². The lowest BCUT2D eigenvalue weighted by Crippen LogP contribution is -2.08. The van der Waals surface area contributed by atoms with Crippen LogP contribution in [-0.2, 0) is 0 Å². The molecule has 2 rings (SSSR count). The van der Waals surface area contributed by atoms with E-state index in [-0.39, 0.29) is 6.04 Å². The van der Waals surface area contributed by atoms with E-state index >= 15 is 0 Å². The molecule has 0 aliphatic carbocycles. The minimum absolute atomic E-state index is 0.129. The lowest BCUT2D eigenvalue weighted by molar-refractivity contribution is 0.854. The zero-order valence-corrected chi connectivity index (χ0v) is 9.52. The third kappa shape index (κ3) is 2.67. The van der Waals surface area contributed by atoms with E-state index < -0.39 is 0 Å². The van der Waals surface area contributed by atoms with Crippen LogP contribution < -0.4 is 5.32 Å². The molecule has 1 N–H and O–H groups in total. The molecule has 2 heterocycles. The first-order valence-electron chi connectivity index (χ1n) is 4.91. The van der Waals surface area contributed by atoms with E-state index in [4.69, 9.17) is 11.6 Å². The van der Waals surface area contributed by atoms with Crippen LogP contribution in [-0.4, -0.2) is 15.2 Å². The Kier molecular flexibility index (Phi) is 3.31. The Hall–Kier alpha value is -1.68. The van der Waals surface area contributed by atoms with E-state index in [0.29, 0.717) is 11.0 Å². The smallest absolute Gasteiger partial charge is 0.151 e. The lowest BCUT2D eigenvalue weighted by atomic mass is 10.1. The van der Waals surface area contributed by atoms with Gasteiger partial charge in [-0.2, -0.15) is 0 Å². The number of anilines is 1. The van der Waals surface area contributed by atoms with Crippen molar-refractivity contribution in [1.82, 2.24) is 15.2 Å². The summed E-state index contributed by atoms with van der Waals surface area (Å²) in [6, 6.07) is 7.54. The van der Waals surface area contributed by atoms with Gasteiger partial charge in [0, 0.05) is 12.4 Å². The Labute approximate surface area is 98.7 Å². The number of rotatable bonds is 3. The maximum atomic E-state index is 5.65. The Morgan fingerprint density at radius 2 is 2.12 bits per heavy atom. The summed E-state index contributed by atoms with van der Waals surface area (Å²) in [5.41, 5.74) is 1.10. The fourth-order valence-electron chi connectivity index (χ4n) is 1.33. The number of pyridine rings is 1. The Bertz CT molecular complexity index is 443. The van der Waals surface area contributed by atoms with Crippen LogP contribution in [0.4, 0.5) is 5.82 Å². The molecule has 16 heavy (non-hydrogen) atoms. The van der Waals surface area contributed by atoms with Gasteiger partial charge in [-0.3, -0.25) is 4.98 Å². The largest absolute Gasteiger partial charge is 0.362 e. The molecular weight excluding hydrogens is 224 g/mol. The molecule has 82 valence electrons. The van der Waals surface area contributed by atoms with Crippen molar-refractivity contribution in [2.75, 3.05) is 5.32 Å². The van der Waals surface area contributed by atoms with Crippen LogP contribution in [0.3, 0.4) is 0 Å². The highest BCUT2D eigenvalue weighted by molar-refractivity contribution is 6.29. The van der Waals surface area contributed by atoms with E-state index in [1.54, 1.807) is 18.3 Å². The molecule has 0 fully saturated rings. The molecule has 4 nitrogen and oxygen atoms in total. The topological polar surface area (TPSA) is 50.7 Å². The molecule has 0 aliphatic heterocycles. The highest BCUT2D eigenvalue weighted by Crippen LogP contribution is 2.16. The number of nitrogens with one attached hydrogen (secondary N) is 1. The molecule has 0 saturated heterocycles. The van der Waals surface area contributed by atoms with Crippen LogP contribution in [0.25, 0.3) is 0 Å². The van der Waals surface area contributed by atoms with Crippen molar-refractivity contribution in [3.63, 3.8) is 0 Å². The van der Waals surface area contributed by atoms with Gasteiger partial charge in [0.1, 0.15) is 5.82 Å². The second-order valence-corrected chi connectivity index (χ2v) is 3.78. The molecule has 0 bridgehead atoms. The van der Waals surface area contributed by atoms with E-state index in [9.17, 15) is 0 Å².